The maximum absolute atomic E-state index is 12.3. The minimum absolute atomic E-state index is 0.227. The van der Waals surface area contributed by atoms with E-state index in [0.29, 0.717) is 11.5 Å². The molecular weight excluding hydrogens is 480 g/mol. The van der Waals surface area contributed by atoms with Crippen LogP contribution in [0, 0.1) is 0 Å². The Hall–Kier alpha value is -3.22. The van der Waals surface area contributed by atoms with Gasteiger partial charge in [0.2, 0.25) is 5.91 Å². The first kappa shape index (κ1) is 30.0. The molecule has 3 amide bonds. The number of hydrogen-bond donors (Lipinski definition) is 2. The van der Waals surface area contributed by atoms with Crippen molar-refractivity contribution in [3.05, 3.63) is 96.0 Å². The van der Waals surface area contributed by atoms with Crippen LogP contribution in [0.1, 0.15) is 76.1 Å². The molecule has 0 bridgehead atoms. The molecule has 1 aromatic heterocycles. The molecule has 0 spiro atoms. The van der Waals surface area contributed by atoms with Crippen LogP contribution in [-0.2, 0) is 4.79 Å². The van der Waals surface area contributed by atoms with Crippen LogP contribution in [0.3, 0.4) is 0 Å². The fraction of sp³-hybridized carbons (Fsp3) is 0.355. The summed E-state index contributed by atoms with van der Waals surface area (Å²) in [6.45, 7) is 3.87. The molecule has 1 aromatic carbocycles. The number of amides is 3. The van der Waals surface area contributed by atoms with Crippen molar-refractivity contribution in [1.29, 1.82) is 0 Å². The van der Waals surface area contributed by atoms with Crippen molar-refractivity contribution in [3.63, 3.8) is 0 Å². The van der Waals surface area contributed by atoms with Crippen LogP contribution in [0.5, 0.6) is 0 Å². The maximum atomic E-state index is 12.3. The van der Waals surface area contributed by atoms with Gasteiger partial charge in [-0.3, -0.25) is 15.3 Å². The average molecular weight is 521 g/mol. The number of rotatable bonds is 15. The number of allylic oxidation sites excluding steroid dienone is 10. The van der Waals surface area contributed by atoms with Gasteiger partial charge in [0.15, 0.2) is 0 Å². The lowest BCUT2D eigenvalue weighted by Crippen LogP contribution is -2.42. The summed E-state index contributed by atoms with van der Waals surface area (Å²) >= 11 is 1.52. The van der Waals surface area contributed by atoms with Crippen molar-refractivity contribution in [3.8, 4) is 0 Å². The molecule has 1 atom stereocenters. The molecule has 0 saturated carbocycles. The molecule has 0 aliphatic rings. The summed E-state index contributed by atoms with van der Waals surface area (Å²) in [6, 6.07) is 8.49. The van der Waals surface area contributed by atoms with Crippen molar-refractivity contribution < 1.29 is 14.8 Å². The van der Waals surface area contributed by atoms with Gasteiger partial charge in [0, 0.05) is 16.0 Å². The van der Waals surface area contributed by atoms with Crippen LogP contribution in [0.25, 0.3) is 10.1 Å². The van der Waals surface area contributed by atoms with Gasteiger partial charge >= 0.3 is 6.03 Å². The Bertz CT molecular complexity index is 1080. The number of nitrogens with zero attached hydrogens (tertiary/aromatic N) is 1. The van der Waals surface area contributed by atoms with E-state index in [2.05, 4.69) is 73.0 Å². The predicted octanol–water partition coefficient (Wildman–Crippen LogP) is 8.81. The van der Waals surface area contributed by atoms with Crippen molar-refractivity contribution in [2.24, 2.45) is 0 Å². The highest BCUT2D eigenvalue weighted by Crippen LogP contribution is 2.31. The number of hydroxylamine groups is 2. The van der Waals surface area contributed by atoms with Crippen molar-refractivity contribution in [2.45, 2.75) is 71.3 Å². The monoisotopic (exact) mass is 520 g/mol. The second kappa shape index (κ2) is 18.1. The van der Waals surface area contributed by atoms with E-state index in [0.717, 1.165) is 53.5 Å². The average Bonchev–Trinajstić information content (AvgIpc) is 3.34. The zero-order valence-electron chi connectivity index (χ0n) is 22.0. The minimum Gasteiger partial charge on any atom is -0.284 e. The molecular formula is C31H40N2O3S. The van der Waals surface area contributed by atoms with E-state index < -0.39 is 12.1 Å². The number of hydrogen-bond acceptors (Lipinski definition) is 4. The summed E-state index contributed by atoms with van der Waals surface area (Å²) in [4.78, 5) is 25.2. The van der Waals surface area contributed by atoms with E-state index in [1.165, 1.54) is 11.3 Å². The summed E-state index contributed by atoms with van der Waals surface area (Å²) in [7, 11) is 0. The van der Waals surface area contributed by atoms with E-state index >= 15 is 0 Å². The standard InChI is InChI=1S/C31H40N2O3S/c1-3-4-5-6-7-8-9-10-11-12-13-14-15-16-17-18-19-24-30(34)32-31(35)33(36)26(2)29-25-27-22-20-21-23-28(27)37-29/h4-5,7-8,10-11,13-14,16-17,20-23,25-26,36H,3,6,9,12,15,18-19,24H2,1-2H3,(H,32,34,35)/b5-4-,8-7-,11-10-,14-13-,17-16-. The van der Waals surface area contributed by atoms with E-state index in [1.807, 2.05) is 30.3 Å². The van der Waals surface area contributed by atoms with Crippen LogP contribution in [0.2, 0.25) is 0 Å². The third-order valence-electron chi connectivity index (χ3n) is 5.61. The normalized spacial score (nSPS) is 13.2. The van der Waals surface area contributed by atoms with E-state index in [1.54, 1.807) is 6.92 Å². The molecule has 1 heterocycles. The second-order valence-corrected chi connectivity index (χ2v) is 9.78. The quantitative estimate of drug-likeness (QED) is 0.107. The summed E-state index contributed by atoms with van der Waals surface area (Å²) in [5.74, 6) is -0.389. The maximum Gasteiger partial charge on any atom is 0.348 e. The minimum atomic E-state index is -0.801. The molecule has 0 fully saturated rings. The van der Waals surface area contributed by atoms with Gasteiger partial charge in [-0.05, 0) is 69.4 Å². The molecule has 0 saturated heterocycles. The van der Waals surface area contributed by atoms with Crippen molar-refractivity contribution in [2.75, 3.05) is 0 Å². The molecule has 2 aromatic rings. The first-order valence-corrected chi connectivity index (χ1v) is 13.9. The molecule has 0 aliphatic carbocycles. The number of benzene rings is 1. The molecule has 2 rings (SSSR count). The number of imide groups is 1. The smallest absolute Gasteiger partial charge is 0.284 e. The SMILES string of the molecule is CC/C=C\C/C=C\C/C=C\C/C=C\C/C=C\CCCC(=O)NC(=O)N(O)C(C)c1cc2ccccc2s1. The van der Waals surface area contributed by atoms with Gasteiger partial charge in [-0.15, -0.1) is 11.3 Å². The number of carbonyl (C=O) groups is 2. The van der Waals surface area contributed by atoms with Crippen LogP contribution in [-0.4, -0.2) is 22.2 Å². The lowest BCUT2D eigenvalue weighted by molar-refractivity contribution is -0.122. The zero-order chi connectivity index (χ0) is 26.7. The molecule has 37 heavy (non-hydrogen) atoms. The molecule has 0 radical (unpaired) electrons. The van der Waals surface area contributed by atoms with Crippen molar-refractivity contribution >= 4 is 33.4 Å². The Balaban J connectivity index is 1.55. The lowest BCUT2D eigenvalue weighted by Gasteiger charge is -2.21. The summed E-state index contributed by atoms with van der Waals surface area (Å²) in [6.07, 6.45) is 28.0. The highest BCUT2D eigenvalue weighted by molar-refractivity contribution is 7.19. The highest BCUT2D eigenvalue weighted by Gasteiger charge is 2.22. The Morgan fingerprint density at radius 2 is 1.49 bits per heavy atom. The number of nitrogens with one attached hydrogen (secondary N) is 1. The van der Waals surface area contributed by atoms with Crippen molar-refractivity contribution in [1.82, 2.24) is 10.4 Å². The number of urea groups is 1. The fourth-order valence-corrected chi connectivity index (χ4v) is 4.59. The first-order chi connectivity index (χ1) is 18.0. The molecule has 5 nitrogen and oxygen atoms in total. The van der Waals surface area contributed by atoms with Gasteiger partial charge in [0.05, 0.1) is 6.04 Å². The highest BCUT2D eigenvalue weighted by atomic mass is 32.1. The Labute approximate surface area is 225 Å². The Morgan fingerprint density at radius 1 is 0.919 bits per heavy atom. The predicted molar refractivity (Wildman–Crippen MR) is 156 cm³/mol. The third-order valence-corrected chi connectivity index (χ3v) is 6.90. The molecule has 1 unspecified atom stereocenters. The topological polar surface area (TPSA) is 69.6 Å². The number of thiophene rings is 1. The fourth-order valence-electron chi connectivity index (χ4n) is 3.49. The van der Waals surface area contributed by atoms with E-state index in [4.69, 9.17) is 0 Å². The van der Waals surface area contributed by atoms with E-state index in [-0.39, 0.29) is 12.3 Å². The summed E-state index contributed by atoms with van der Waals surface area (Å²) < 4.78 is 1.09. The van der Waals surface area contributed by atoms with Crippen LogP contribution >= 0.6 is 11.3 Å². The largest absolute Gasteiger partial charge is 0.348 e. The van der Waals surface area contributed by atoms with E-state index in [9.17, 15) is 14.8 Å². The van der Waals surface area contributed by atoms with Gasteiger partial charge in [-0.25, -0.2) is 4.79 Å². The summed E-state index contributed by atoms with van der Waals surface area (Å²) in [5, 5.41) is 14.2. The number of unbranched alkanes of at least 4 members (excludes halogenated alkanes) is 1. The van der Waals surface area contributed by atoms with Gasteiger partial charge in [0.1, 0.15) is 0 Å². The number of fused-ring (bicyclic) bond motifs is 1. The lowest BCUT2D eigenvalue weighted by atomic mass is 10.2. The number of carbonyl (C=O) groups excluding carboxylic acids is 2. The molecule has 2 N–H and O–H groups in total. The molecule has 0 aliphatic heterocycles. The van der Waals surface area contributed by atoms with Crippen LogP contribution < -0.4 is 5.32 Å². The molecule has 198 valence electrons. The van der Waals surface area contributed by atoms with Gasteiger partial charge in [-0.2, -0.15) is 5.06 Å². The van der Waals surface area contributed by atoms with Crippen LogP contribution in [0.4, 0.5) is 4.79 Å². The summed E-state index contributed by atoms with van der Waals surface area (Å²) in [5.41, 5.74) is 0. The molecule has 6 heteroatoms. The first-order valence-electron chi connectivity index (χ1n) is 13.1. The van der Waals surface area contributed by atoms with Gasteiger partial charge in [0.25, 0.3) is 0 Å². The Morgan fingerprint density at radius 3 is 2.08 bits per heavy atom. The van der Waals surface area contributed by atoms with Gasteiger partial charge in [-0.1, -0.05) is 85.9 Å². The second-order valence-electron chi connectivity index (χ2n) is 8.66. The third kappa shape index (κ3) is 12.0. The Kier molecular flexibility index (Phi) is 14.7. The van der Waals surface area contributed by atoms with Crippen LogP contribution in [0.15, 0.2) is 91.1 Å². The zero-order valence-corrected chi connectivity index (χ0v) is 22.8. The van der Waals surface area contributed by atoms with Gasteiger partial charge < -0.3 is 0 Å².